The molecule has 1 saturated heterocycles. The van der Waals surface area contributed by atoms with E-state index < -0.39 is 11.6 Å². The highest BCUT2D eigenvalue weighted by Crippen LogP contribution is 2.44. The molecule has 8 heteroatoms. The van der Waals surface area contributed by atoms with E-state index in [9.17, 15) is 9.18 Å². The van der Waals surface area contributed by atoms with Gasteiger partial charge in [0.25, 0.3) is 0 Å². The number of hydrogen-bond donors (Lipinski definition) is 2. The van der Waals surface area contributed by atoms with Gasteiger partial charge in [0.05, 0.1) is 17.3 Å². The summed E-state index contributed by atoms with van der Waals surface area (Å²) in [6, 6.07) is 5.86. The topological polar surface area (TPSA) is 57.3 Å². The third-order valence-corrected chi connectivity index (χ3v) is 6.34. The molecule has 1 aromatic heterocycles. The van der Waals surface area contributed by atoms with Gasteiger partial charge in [-0.3, -0.25) is 5.32 Å². The molecule has 5 nitrogen and oxygen atoms in total. The molecule has 2 aromatic carbocycles. The van der Waals surface area contributed by atoms with Crippen molar-refractivity contribution in [2.24, 2.45) is 0 Å². The standard InChI is InChI=1S/C23H21ClF2N4O/c1-12-6-5-7-16(25)17(12)18-15(24)10-13-20(19(18)26)28-22-14(11-27-23(31)29-22)21(13)30-8-3-2-4-9-30/h5-7,10H,2-4,8-9,11H2,1H3,(H2,27,28,29,31). The van der Waals surface area contributed by atoms with Crippen molar-refractivity contribution in [1.29, 1.82) is 0 Å². The van der Waals surface area contributed by atoms with Crippen molar-refractivity contribution in [3.8, 4) is 11.1 Å². The number of urea groups is 1. The highest BCUT2D eigenvalue weighted by Gasteiger charge is 2.29. The number of amides is 2. The maximum Gasteiger partial charge on any atom is 0.320 e. The SMILES string of the molecule is Cc1cccc(F)c1-c1c(Cl)cc2c(N3CCCCC3)c3c(nc2c1F)NC(=O)NC3. The average Bonchev–Trinajstić information content (AvgIpc) is 2.75. The average molecular weight is 443 g/mol. The van der Waals surface area contributed by atoms with Gasteiger partial charge in [-0.1, -0.05) is 23.7 Å². The fourth-order valence-electron chi connectivity index (χ4n) is 4.60. The van der Waals surface area contributed by atoms with Crippen molar-refractivity contribution in [3.63, 3.8) is 0 Å². The number of carbonyl (C=O) groups is 1. The minimum Gasteiger partial charge on any atom is -0.371 e. The number of hydrogen-bond acceptors (Lipinski definition) is 3. The number of carbonyl (C=O) groups excluding carboxylic acids is 1. The van der Waals surface area contributed by atoms with Gasteiger partial charge >= 0.3 is 6.03 Å². The molecule has 160 valence electrons. The van der Waals surface area contributed by atoms with Gasteiger partial charge in [-0.2, -0.15) is 0 Å². The first kappa shape index (κ1) is 20.0. The lowest BCUT2D eigenvalue weighted by atomic mass is 9.95. The third kappa shape index (κ3) is 3.28. The number of fused-ring (bicyclic) bond motifs is 2. The van der Waals surface area contributed by atoms with Gasteiger partial charge in [-0.05, 0) is 43.9 Å². The maximum atomic E-state index is 15.9. The monoisotopic (exact) mass is 442 g/mol. The quantitative estimate of drug-likeness (QED) is 0.530. The van der Waals surface area contributed by atoms with E-state index in [4.69, 9.17) is 11.6 Å². The molecule has 0 spiro atoms. The molecule has 0 aliphatic carbocycles. The van der Waals surface area contributed by atoms with Crippen LogP contribution < -0.4 is 15.5 Å². The van der Waals surface area contributed by atoms with Crippen LogP contribution in [0.4, 0.5) is 25.1 Å². The molecular weight excluding hydrogens is 422 g/mol. The second-order valence-electron chi connectivity index (χ2n) is 8.02. The number of piperidine rings is 1. The zero-order valence-corrected chi connectivity index (χ0v) is 17.7. The van der Waals surface area contributed by atoms with Crippen molar-refractivity contribution >= 4 is 40.0 Å². The molecule has 2 N–H and O–H groups in total. The Balaban J connectivity index is 1.83. The summed E-state index contributed by atoms with van der Waals surface area (Å²) >= 11 is 6.57. The lowest BCUT2D eigenvalue weighted by molar-refractivity contribution is 0.250. The zero-order valence-electron chi connectivity index (χ0n) is 17.0. The van der Waals surface area contributed by atoms with Crippen LogP contribution in [-0.4, -0.2) is 24.1 Å². The Kier molecular flexibility index (Phi) is 4.93. The molecule has 0 saturated carbocycles. The van der Waals surface area contributed by atoms with Gasteiger partial charge in [0, 0.05) is 35.2 Å². The number of anilines is 2. The summed E-state index contributed by atoms with van der Waals surface area (Å²) in [4.78, 5) is 18.6. The number of rotatable bonds is 2. The van der Waals surface area contributed by atoms with Crippen molar-refractivity contribution in [2.45, 2.75) is 32.7 Å². The number of halogens is 3. The van der Waals surface area contributed by atoms with Gasteiger partial charge in [-0.15, -0.1) is 0 Å². The lowest BCUT2D eigenvalue weighted by Crippen LogP contribution is -2.37. The summed E-state index contributed by atoms with van der Waals surface area (Å²) in [6.45, 7) is 3.66. The molecule has 3 heterocycles. The van der Waals surface area contributed by atoms with Crippen LogP contribution in [0, 0.1) is 18.6 Å². The minimum absolute atomic E-state index is 0.0120. The Morgan fingerprint density at radius 2 is 1.90 bits per heavy atom. The Bertz CT molecular complexity index is 1200. The zero-order chi connectivity index (χ0) is 21.7. The smallest absolute Gasteiger partial charge is 0.320 e. The lowest BCUT2D eigenvalue weighted by Gasteiger charge is -2.33. The van der Waals surface area contributed by atoms with E-state index in [-0.39, 0.29) is 27.7 Å². The third-order valence-electron chi connectivity index (χ3n) is 6.04. The van der Waals surface area contributed by atoms with Crippen LogP contribution in [-0.2, 0) is 6.54 Å². The van der Waals surface area contributed by atoms with Crippen LogP contribution in [0.3, 0.4) is 0 Å². The van der Waals surface area contributed by atoms with E-state index in [1.165, 1.54) is 6.07 Å². The molecule has 3 aromatic rings. The van der Waals surface area contributed by atoms with Crippen molar-refractivity contribution in [3.05, 3.63) is 52.0 Å². The first-order valence-corrected chi connectivity index (χ1v) is 10.7. The van der Waals surface area contributed by atoms with E-state index in [1.54, 1.807) is 25.1 Å². The number of aryl methyl sites for hydroxylation is 1. The highest BCUT2D eigenvalue weighted by molar-refractivity contribution is 6.34. The summed E-state index contributed by atoms with van der Waals surface area (Å²) in [5.41, 5.74) is 2.39. The Hall–Kier alpha value is -2.93. The fourth-order valence-corrected chi connectivity index (χ4v) is 4.89. The summed E-state index contributed by atoms with van der Waals surface area (Å²) in [7, 11) is 0. The summed E-state index contributed by atoms with van der Waals surface area (Å²) in [6.07, 6.45) is 3.20. The van der Waals surface area contributed by atoms with E-state index >= 15 is 4.39 Å². The second kappa shape index (κ2) is 7.64. The number of benzene rings is 2. The second-order valence-corrected chi connectivity index (χ2v) is 8.43. The maximum absolute atomic E-state index is 15.9. The Labute approximate surface area is 183 Å². The summed E-state index contributed by atoms with van der Waals surface area (Å²) in [5.74, 6) is -0.911. The molecule has 2 aliphatic rings. The molecule has 0 radical (unpaired) electrons. The van der Waals surface area contributed by atoms with Crippen molar-refractivity contribution in [1.82, 2.24) is 10.3 Å². The van der Waals surface area contributed by atoms with E-state index in [2.05, 4.69) is 20.5 Å². The summed E-state index contributed by atoms with van der Waals surface area (Å²) < 4.78 is 30.6. The fraction of sp³-hybridized carbons (Fsp3) is 0.304. The number of pyridine rings is 1. The molecule has 0 unspecified atom stereocenters. The van der Waals surface area contributed by atoms with E-state index in [0.29, 0.717) is 23.3 Å². The predicted octanol–water partition coefficient (Wildman–Crippen LogP) is 5.77. The van der Waals surface area contributed by atoms with Gasteiger partial charge in [-0.25, -0.2) is 18.6 Å². The first-order valence-electron chi connectivity index (χ1n) is 10.4. The summed E-state index contributed by atoms with van der Waals surface area (Å²) in [5, 5.41) is 6.16. The van der Waals surface area contributed by atoms with Crippen molar-refractivity contribution < 1.29 is 13.6 Å². The molecule has 0 atom stereocenters. The van der Waals surface area contributed by atoms with Crippen LogP contribution in [0.25, 0.3) is 22.0 Å². The molecule has 2 amide bonds. The number of nitrogens with one attached hydrogen (secondary N) is 2. The van der Waals surface area contributed by atoms with Crippen LogP contribution in [0.15, 0.2) is 24.3 Å². The van der Waals surface area contributed by atoms with Gasteiger partial charge in [0.15, 0.2) is 5.82 Å². The largest absolute Gasteiger partial charge is 0.371 e. The molecule has 0 bridgehead atoms. The molecule has 2 aliphatic heterocycles. The van der Waals surface area contributed by atoms with Crippen LogP contribution in [0.1, 0.15) is 30.4 Å². The van der Waals surface area contributed by atoms with Gasteiger partial charge in [0.2, 0.25) is 0 Å². The van der Waals surface area contributed by atoms with Gasteiger partial charge in [0.1, 0.15) is 17.2 Å². The Morgan fingerprint density at radius 3 is 2.65 bits per heavy atom. The van der Waals surface area contributed by atoms with Crippen LogP contribution in [0.2, 0.25) is 5.02 Å². The predicted molar refractivity (Wildman–Crippen MR) is 119 cm³/mol. The van der Waals surface area contributed by atoms with Crippen LogP contribution in [0.5, 0.6) is 0 Å². The van der Waals surface area contributed by atoms with E-state index in [1.807, 2.05) is 0 Å². The molecule has 5 rings (SSSR count). The first-order chi connectivity index (χ1) is 15.0. The molecular formula is C23H21ClF2N4O. The van der Waals surface area contributed by atoms with Crippen LogP contribution >= 0.6 is 11.6 Å². The highest BCUT2D eigenvalue weighted by atomic mass is 35.5. The molecule has 31 heavy (non-hydrogen) atoms. The van der Waals surface area contributed by atoms with E-state index in [0.717, 1.165) is 43.6 Å². The van der Waals surface area contributed by atoms with Crippen molar-refractivity contribution in [2.75, 3.05) is 23.3 Å². The Morgan fingerprint density at radius 1 is 1.13 bits per heavy atom. The number of aromatic nitrogens is 1. The molecule has 1 fully saturated rings. The number of nitrogens with zero attached hydrogens (tertiary/aromatic N) is 2. The minimum atomic E-state index is -0.690. The van der Waals surface area contributed by atoms with Gasteiger partial charge < -0.3 is 10.2 Å². The normalized spacial score (nSPS) is 16.1.